The van der Waals surface area contributed by atoms with E-state index in [1.54, 1.807) is 0 Å². The fraction of sp³-hybridized carbons (Fsp3) is 0.944. The van der Waals surface area contributed by atoms with Gasteiger partial charge in [-0.1, -0.05) is 26.2 Å². The van der Waals surface area contributed by atoms with Crippen LogP contribution >= 0.6 is 0 Å². The van der Waals surface area contributed by atoms with Gasteiger partial charge in [-0.2, -0.15) is 0 Å². The third-order valence-corrected chi connectivity index (χ3v) is 5.50. The summed E-state index contributed by atoms with van der Waals surface area (Å²) in [6, 6.07) is 0.253. The van der Waals surface area contributed by atoms with Crippen LogP contribution in [0.3, 0.4) is 0 Å². The van der Waals surface area contributed by atoms with E-state index in [4.69, 9.17) is 0 Å². The van der Waals surface area contributed by atoms with Crippen molar-refractivity contribution in [3.8, 4) is 0 Å². The third-order valence-electron chi connectivity index (χ3n) is 5.50. The van der Waals surface area contributed by atoms with Gasteiger partial charge in [0.05, 0.1) is 6.54 Å². The Balaban J connectivity index is 1.72. The average molecular weight is 294 g/mol. The van der Waals surface area contributed by atoms with Crippen molar-refractivity contribution in [2.24, 2.45) is 11.3 Å². The van der Waals surface area contributed by atoms with Crippen LogP contribution in [0.5, 0.6) is 0 Å². The van der Waals surface area contributed by atoms with Crippen LogP contribution in [-0.4, -0.2) is 36.5 Å². The molecule has 1 N–H and O–H groups in total. The van der Waals surface area contributed by atoms with Crippen molar-refractivity contribution in [2.45, 2.75) is 78.2 Å². The highest BCUT2D eigenvalue weighted by Gasteiger charge is 2.40. The van der Waals surface area contributed by atoms with E-state index in [0.717, 1.165) is 19.0 Å². The lowest BCUT2D eigenvalue weighted by molar-refractivity contribution is -0.123. The highest BCUT2D eigenvalue weighted by atomic mass is 16.2. The summed E-state index contributed by atoms with van der Waals surface area (Å²) in [5.41, 5.74) is 0.628. The molecule has 0 bridgehead atoms. The van der Waals surface area contributed by atoms with Crippen molar-refractivity contribution < 1.29 is 4.79 Å². The van der Waals surface area contributed by atoms with E-state index in [9.17, 15) is 4.79 Å². The first-order valence-corrected chi connectivity index (χ1v) is 9.05. The maximum Gasteiger partial charge on any atom is 0.234 e. The smallest absolute Gasteiger partial charge is 0.234 e. The predicted molar refractivity (Wildman–Crippen MR) is 88.3 cm³/mol. The second-order valence-corrected chi connectivity index (χ2v) is 7.75. The Morgan fingerprint density at radius 3 is 2.62 bits per heavy atom. The lowest BCUT2D eigenvalue weighted by Gasteiger charge is -2.39. The van der Waals surface area contributed by atoms with Gasteiger partial charge in [-0.25, -0.2) is 0 Å². The molecule has 1 unspecified atom stereocenters. The van der Waals surface area contributed by atoms with E-state index in [2.05, 4.69) is 17.1 Å². The minimum atomic E-state index is 0.188. The minimum Gasteiger partial charge on any atom is -0.353 e. The van der Waals surface area contributed by atoms with Gasteiger partial charge in [-0.05, 0) is 70.4 Å². The molecule has 1 saturated heterocycles. The number of unbranched alkanes of at least 4 members (excludes halogenated alkanes) is 1. The topological polar surface area (TPSA) is 32.3 Å². The Bertz CT molecular complexity index is 332. The molecule has 1 spiro atoms. The lowest BCUT2D eigenvalue weighted by Crippen LogP contribution is -2.45. The van der Waals surface area contributed by atoms with Gasteiger partial charge >= 0.3 is 0 Å². The van der Waals surface area contributed by atoms with Crippen LogP contribution in [-0.2, 0) is 4.79 Å². The summed E-state index contributed by atoms with van der Waals surface area (Å²) in [7, 11) is 0. The fourth-order valence-electron chi connectivity index (χ4n) is 4.28. The van der Waals surface area contributed by atoms with Gasteiger partial charge in [0.25, 0.3) is 0 Å². The van der Waals surface area contributed by atoms with Gasteiger partial charge in [-0.3, -0.25) is 9.69 Å². The molecule has 3 nitrogen and oxygen atoms in total. The molecule has 1 aliphatic carbocycles. The molecule has 1 atom stereocenters. The molecule has 2 aliphatic rings. The lowest BCUT2D eigenvalue weighted by atomic mass is 9.76. The number of amides is 1. The summed E-state index contributed by atoms with van der Waals surface area (Å²) in [5.74, 6) is 1.17. The SMILES string of the molecule is CCCCC1CCC2(CCN(CC(=O)NC(C)C)CC2)C1. The maximum absolute atomic E-state index is 11.9. The Kier molecular flexibility index (Phi) is 6.09. The zero-order valence-corrected chi connectivity index (χ0v) is 14.3. The van der Waals surface area contributed by atoms with E-state index in [1.807, 2.05) is 13.8 Å². The van der Waals surface area contributed by atoms with Crippen molar-refractivity contribution in [1.29, 1.82) is 0 Å². The number of hydrogen-bond acceptors (Lipinski definition) is 2. The van der Waals surface area contributed by atoms with Crippen LogP contribution in [0.4, 0.5) is 0 Å². The van der Waals surface area contributed by atoms with Crippen molar-refractivity contribution in [1.82, 2.24) is 10.2 Å². The van der Waals surface area contributed by atoms with Crippen LogP contribution in [0, 0.1) is 11.3 Å². The third kappa shape index (κ3) is 4.98. The second-order valence-electron chi connectivity index (χ2n) is 7.75. The van der Waals surface area contributed by atoms with Crippen molar-refractivity contribution in [3.05, 3.63) is 0 Å². The monoisotopic (exact) mass is 294 g/mol. The maximum atomic E-state index is 11.9. The number of nitrogens with zero attached hydrogens (tertiary/aromatic N) is 1. The van der Waals surface area contributed by atoms with E-state index in [-0.39, 0.29) is 11.9 Å². The molecule has 1 heterocycles. The van der Waals surface area contributed by atoms with Crippen LogP contribution in [0.25, 0.3) is 0 Å². The summed E-state index contributed by atoms with van der Waals surface area (Å²) >= 11 is 0. The summed E-state index contributed by atoms with van der Waals surface area (Å²) in [6.07, 6.45) is 11.2. The van der Waals surface area contributed by atoms with Crippen molar-refractivity contribution in [2.75, 3.05) is 19.6 Å². The first kappa shape index (κ1) is 16.8. The molecule has 21 heavy (non-hydrogen) atoms. The fourth-order valence-corrected chi connectivity index (χ4v) is 4.28. The predicted octanol–water partition coefficient (Wildman–Crippen LogP) is 3.58. The highest BCUT2D eigenvalue weighted by molar-refractivity contribution is 5.78. The molecule has 3 heteroatoms. The Hall–Kier alpha value is -0.570. The summed E-state index contributed by atoms with van der Waals surface area (Å²) in [4.78, 5) is 14.2. The molecule has 0 aromatic rings. The summed E-state index contributed by atoms with van der Waals surface area (Å²) in [5, 5.41) is 3.00. The molecular weight excluding hydrogens is 260 g/mol. The Labute approximate surface area is 130 Å². The van der Waals surface area contributed by atoms with Gasteiger partial charge in [0.15, 0.2) is 0 Å². The minimum absolute atomic E-state index is 0.188. The summed E-state index contributed by atoms with van der Waals surface area (Å²) < 4.78 is 0. The first-order chi connectivity index (χ1) is 10.0. The molecule has 1 aliphatic heterocycles. The van der Waals surface area contributed by atoms with Gasteiger partial charge in [-0.15, -0.1) is 0 Å². The van der Waals surface area contributed by atoms with E-state index in [1.165, 1.54) is 51.4 Å². The number of nitrogens with one attached hydrogen (secondary N) is 1. The quantitative estimate of drug-likeness (QED) is 0.812. The van der Waals surface area contributed by atoms with E-state index in [0.29, 0.717) is 12.0 Å². The number of rotatable bonds is 6. The number of carbonyl (C=O) groups excluding carboxylic acids is 1. The van der Waals surface area contributed by atoms with E-state index < -0.39 is 0 Å². The number of piperidine rings is 1. The van der Waals surface area contributed by atoms with Gasteiger partial charge in [0.1, 0.15) is 0 Å². The van der Waals surface area contributed by atoms with Crippen LogP contribution in [0.2, 0.25) is 0 Å². The van der Waals surface area contributed by atoms with Gasteiger partial charge < -0.3 is 5.32 Å². The molecular formula is C18H34N2O. The number of hydrogen-bond donors (Lipinski definition) is 1. The molecule has 1 amide bonds. The van der Waals surface area contributed by atoms with Crippen molar-refractivity contribution in [3.63, 3.8) is 0 Å². The molecule has 2 fully saturated rings. The zero-order valence-electron chi connectivity index (χ0n) is 14.3. The average Bonchev–Trinajstić information content (AvgIpc) is 2.82. The zero-order chi connectivity index (χ0) is 15.3. The largest absolute Gasteiger partial charge is 0.353 e. The Morgan fingerprint density at radius 1 is 1.29 bits per heavy atom. The standard InChI is InChI=1S/C18H34N2O/c1-4-5-6-16-7-8-18(13-16)9-11-20(12-10-18)14-17(21)19-15(2)3/h15-16H,4-14H2,1-3H3,(H,19,21). The van der Waals surface area contributed by atoms with Gasteiger partial charge in [0.2, 0.25) is 5.91 Å². The second kappa shape index (κ2) is 7.62. The highest BCUT2D eigenvalue weighted by Crippen LogP contribution is 2.50. The van der Waals surface area contributed by atoms with Crippen LogP contribution in [0.15, 0.2) is 0 Å². The van der Waals surface area contributed by atoms with Crippen LogP contribution in [0.1, 0.15) is 72.1 Å². The molecule has 122 valence electrons. The molecule has 2 rings (SSSR count). The van der Waals surface area contributed by atoms with Crippen molar-refractivity contribution >= 4 is 5.91 Å². The molecule has 1 saturated carbocycles. The van der Waals surface area contributed by atoms with Gasteiger partial charge in [0, 0.05) is 6.04 Å². The molecule has 0 aromatic heterocycles. The first-order valence-electron chi connectivity index (χ1n) is 9.05. The number of likely N-dealkylation sites (tertiary alicyclic amines) is 1. The van der Waals surface area contributed by atoms with E-state index >= 15 is 0 Å². The molecule has 0 aromatic carbocycles. The summed E-state index contributed by atoms with van der Waals surface area (Å²) in [6.45, 7) is 9.17. The Morgan fingerprint density at radius 2 is 2.00 bits per heavy atom. The molecule has 0 radical (unpaired) electrons. The number of carbonyl (C=O) groups is 1. The normalized spacial score (nSPS) is 25.6. The van der Waals surface area contributed by atoms with Crippen LogP contribution < -0.4 is 5.32 Å².